The number of nitrogens with zero attached hydrogens (tertiary/aromatic N) is 3. The van der Waals surface area contributed by atoms with E-state index < -0.39 is 10.8 Å². The summed E-state index contributed by atoms with van der Waals surface area (Å²) in [6.07, 6.45) is 4.52. The minimum atomic E-state index is -0.554. The summed E-state index contributed by atoms with van der Waals surface area (Å²) in [7, 11) is 0. The van der Waals surface area contributed by atoms with Crippen LogP contribution >= 0.6 is 0 Å². The lowest BCUT2D eigenvalue weighted by atomic mass is 10.1. The molecule has 1 amide bonds. The van der Waals surface area contributed by atoms with E-state index in [-0.39, 0.29) is 23.6 Å². The van der Waals surface area contributed by atoms with Gasteiger partial charge in [0.25, 0.3) is 11.6 Å². The maximum atomic E-state index is 13.6. The third-order valence-electron chi connectivity index (χ3n) is 3.91. The molecule has 0 aliphatic heterocycles. The van der Waals surface area contributed by atoms with Crippen LogP contribution in [0.4, 0.5) is 10.1 Å². The number of carbonyl (C=O) groups is 1. The van der Waals surface area contributed by atoms with E-state index in [2.05, 4.69) is 10.3 Å². The molecule has 8 heteroatoms. The van der Waals surface area contributed by atoms with Gasteiger partial charge in [0, 0.05) is 30.6 Å². The van der Waals surface area contributed by atoms with Crippen LogP contribution in [0.2, 0.25) is 0 Å². The Morgan fingerprint density at radius 2 is 2.12 bits per heavy atom. The van der Waals surface area contributed by atoms with Crippen LogP contribution in [0.25, 0.3) is 5.69 Å². The summed E-state index contributed by atoms with van der Waals surface area (Å²) in [5.41, 5.74) is 1.37. The van der Waals surface area contributed by atoms with Crippen LogP contribution in [-0.2, 0) is 6.54 Å². The number of nitro groups is 1. The van der Waals surface area contributed by atoms with Crippen LogP contribution in [-0.4, -0.2) is 20.4 Å². The van der Waals surface area contributed by atoms with Crippen molar-refractivity contribution in [3.63, 3.8) is 0 Å². The first-order valence-corrected chi connectivity index (χ1v) is 7.75. The Hall–Kier alpha value is -3.55. The third kappa shape index (κ3) is 3.59. The lowest BCUT2D eigenvalue weighted by Crippen LogP contribution is -2.23. The van der Waals surface area contributed by atoms with Crippen LogP contribution in [0, 0.1) is 22.9 Å². The van der Waals surface area contributed by atoms with Gasteiger partial charge in [0.1, 0.15) is 11.5 Å². The highest BCUT2D eigenvalue weighted by Crippen LogP contribution is 2.24. The second-order valence-electron chi connectivity index (χ2n) is 5.70. The van der Waals surface area contributed by atoms with E-state index in [9.17, 15) is 19.3 Å². The number of aromatic nitrogens is 2. The molecule has 0 atom stereocenters. The van der Waals surface area contributed by atoms with Gasteiger partial charge < -0.3 is 9.88 Å². The highest BCUT2D eigenvalue weighted by atomic mass is 19.1. The van der Waals surface area contributed by atoms with E-state index >= 15 is 0 Å². The summed E-state index contributed by atoms with van der Waals surface area (Å²) in [6.45, 7) is 1.77. The Morgan fingerprint density at radius 1 is 1.31 bits per heavy atom. The summed E-state index contributed by atoms with van der Waals surface area (Å²) < 4.78 is 15.0. The molecule has 0 saturated heterocycles. The molecule has 0 bridgehead atoms. The molecule has 0 spiro atoms. The Bertz CT molecular complexity index is 971. The molecule has 0 fully saturated rings. The Kier molecular flexibility index (Phi) is 4.74. The number of nitro benzene ring substituents is 1. The van der Waals surface area contributed by atoms with E-state index in [4.69, 9.17) is 0 Å². The molecule has 1 N–H and O–H groups in total. The van der Waals surface area contributed by atoms with Crippen molar-refractivity contribution >= 4 is 11.6 Å². The molecule has 7 nitrogen and oxygen atoms in total. The topological polar surface area (TPSA) is 90.1 Å². The molecule has 2 aromatic carbocycles. The first-order valence-electron chi connectivity index (χ1n) is 7.75. The number of rotatable bonds is 5. The van der Waals surface area contributed by atoms with Gasteiger partial charge in [0.15, 0.2) is 0 Å². The van der Waals surface area contributed by atoms with E-state index in [1.54, 1.807) is 25.3 Å². The highest BCUT2D eigenvalue weighted by molar-refractivity contribution is 5.95. The third-order valence-corrected chi connectivity index (χ3v) is 3.91. The van der Waals surface area contributed by atoms with Gasteiger partial charge in [-0.25, -0.2) is 9.37 Å². The van der Waals surface area contributed by atoms with Crippen molar-refractivity contribution in [2.45, 2.75) is 13.5 Å². The predicted octanol–water partition coefficient (Wildman–Crippen LogP) is 3.16. The molecular weight excluding hydrogens is 339 g/mol. The average Bonchev–Trinajstić information content (AvgIpc) is 3.16. The first kappa shape index (κ1) is 17.3. The highest BCUT2D eigenvalue weighted by Gasteiger charge is 2.18. The molecule has 3 rings (SSSR count). The number of hydrogen-bond acceptors (Lipinski definition) is 4. The van der Waals surface area contributed by atoms with E-state index in [1.165, 1.54) is 41.4 Å². The summed E-state index contributed by atoms with van der Waals surface area (Å²) >= 11 is 0. The molecule has 0 aliphatic carbocycles. The van der Waals surface area contributed by atoms with E-state index in [0.29, 0.717) is 16.8 Å². The molecule has 1 aromatic heterocycles. The second-order valence-corrected chi connectivity index (χ2v) is 5.70. The molecule has 0 unspecified atom stereocenters. The van der Waals surface area contributed by atoms with Crippen LogP contribution in [0.3, 0.4) is 0 Å². The van der Waals surface area contributed by atoms with Crippen LogP contribution in [0.15, 0.2) is 55.1 Å². The largest absolute Gasteiger partial charge is 0.348 e. The van der Waals surface area contributed by atoms with Crippen molar-refractivity contribution < 1.29 is 14.1 Å². The first-order chi connectivity index (χ1) is 12.5. The number of aryl methyl sites for hydroxylation is 1. The predicted molar refractivity (Wildman–Crippen MR) is 92.5 cm³/mol. The SMILES string of the molecule is Cc1ccc(CNC(=O)c2ccc(-n3ccnc3)c([N+](=O)[O-])c2)cc1F. The van der Waals surface area contributed by atoms with Crippen molar-refractivity contribution in [3.8, 4) is 5.69 Å². The number of halogens is 1. The number of carbonyl (C=O) groups excluding carboxylic acids is 1. The summed E-state index contributed by atoms with van der Waals surface area (Å²) in [5.74, 6) is -0.830. The van der Waals surface area contributed by atoms with Gasteiger partial charge in [-0.1, -0.05) is 12.1 Å². The van der Waals surface area contributed by atoms with Crippen molar-refractivity contribution in [3.05, 3.63) is 87.7 Å². The van der Waals surface area contributed by atoms with Crippen molar-refractivity contribution in [1.82, 2.24) is 14.9 Å². The molecule has 26 heavy (non-hydrogen) atoms. The van der Waals surface area contributed by atoms with Crippen molar-refractivity contribution in [1.29, 1.82) is 0 Å². The second kappa shape index (κ2) is 7.14. The fourth-order valence-electron chi connectivity index (χ4n) is 2.46. The number of imidazole rings is 1. The monoisotopic (exact) mass is 354 g/mol. The number of hydrogen-bond donors (Lipinski definition) is 1. The molecule has 0 saturated carbocycles. The van der Waals surface area contributed by atoms with Crippen molar-refractivity contribution in [2.75, 3.05) is 0 Å². The molecule has 0 radical (unpaired) electrons. The number of benzene rings is 2. The van der Waals surface area contributed by atoms with Gasteiger partial charge in [0.05, 0.1) is 11.3 Å². The van der Waals surface area contributed by atoms with Gasteiger partial charge in [-0.15, -0.1) is 0 Å². The summed E-state index contributed by atoms with van der Waals surface area (Å²) in [4.78, 5) is 26.9. The fraction of sp³-hybridized carbons (Fsp3) is 0.111. The molecule has 132 valence electrons. The van der Waals surface area contributed by atoms with Gasteiger partial charge >= 0.3 is 0 Å². The van der Waals surface area contributed by atoms with E-state index in [0.717, 1.165) is 0 Å². The average molecular weight is 354 g/mol. The smallest absolute Gasteiger partial charge is 0.294 e. The van der Waals surface area contributed by atoms with Crippen molar-refractivity contribution in [2.24, 2.45) is 0 Å². The maximum Gasteiger partial charge on any atom is 0.294 e. The zero-order valence-corrected chi connectivity index (χ0v) is 13.8. The summed E-state index contributed by atoms with van der Waals surface area (Å²) in [6, 6.07) is 8.87. The zero-order chi connectivity index (χ0) is 18.7. The zero-order valence-electron chi connectivity index (χ0n) is 13.8. The minimum Gasteiger partial charge on any atom is -0.348 e. The van der Waals surface area contributed by atoms with Crippen LogP contribution in [0.1, 0.15) is 21.5 Å². The molecule has 0 aliphatic rings. The van der Waals surface area contributed by atoms with Crippen LogP contribution in [0.5, 0.6) is 0 Å². The van der Waals surface area contributed by atoms with Gasteiger partial charge in [-0.05, 0) is 36.2 Å². The number of nitrogens with one attached hydrogen (secondary N) is 1. The van der Waals surface area contributed by atoms with Gasteiger partial charge in [0.2, 0.25) is 0 Å². The lowest BCUT2D eigenvalue weighted by Gasteiger charge is -2.08. The van der Waals surface area contributed by atoms with E-state index in [1.807, 2.05) is 0 Å². The van der Waals surface area contributed by atoms with Gasteiger partial charge in [-0.3, -0.25) is 14.9 Å². The lowest BCUT2D eigenvalue weighted by molar-refractivity contribution is -0.384. The number of amides is 1. The quantitative estimate of drug-likeness (QED) is 0.563. The molecular formula is C18H15FN4O3. The Morgan fingerprint density at radius 3 is 2.77 bits per heavy atom. The molecule has 3 aromatic rings. The summed E-state index contributed by atoms with van der Waals surface area (Å²) in [5, 5.41) is 14.0. The normalized spacial score (nSPS) is 10.5. The Labute approximate surface area is 148 Å². The molecule has 1 heterocycles. The Balaban J connectivity index is 1.80. The van der Waals surface area contributed by atoms with Gasteiger partial charge in [-0.2, -0.15) is 0 Å². The fourth-order valence-corrected chi connectivity index (χ4v) is 2.46. The maximum absolute atomic E-state index is 13.6. The van der Waals surface area contributed by atoms with Crippen LogP contribution < -0.4 is 5.32 Å². The minimum absolute atomic E-state index is 0.118. The standard InChI is InChI=1S/C18H15FN4O3/c1-12-2-3-13(8-15(12)19)10-21-18(24)14-4-5-16(17(9-14)23(25)26)22-7-6-20-11-22/h2-9,11H,10H2,1H3,(H,21,24).